The van der Waals surface area contributed by atoms with E-state index in [-0.39, 0.29) is 18.3 Å². The van der Waals surface area contributed by atoms with Crippen LogP contribution in [0.2, 0.25) is 0 Å². The third-order valence-electron chi connectivity index (χ3n) is 2.39. The van der Waals surface area contributed by atoms with Crippen molar-refractivity contribution in [3.8, 4) is 11.8 Å². The average molecular weight is 328 g/mol. The lowest BCUT2D eigenvalue weighted by molar-refractivity contribution is 0.246. The van der Waals surface area contributed by atoms with Crippen LogP contribution in [0.25, 0.3) is 0 Å². The van der Waals surface area contributed by atoms with Crippen LogP contribution in [-0.2, 0) is 0 Å². The third kappa shape index (κ3) is 4.06. The Morgan fingerprint density at radius 2 is 1.17 bits per heavy atom. The number of amides is 4. The number of H-pyrrole nitrogens is 4. The van der Waals surface area contributed by atoms with Gasteiger partial charge in [0.15, 0.2) is 11.6 Å². The molecule has 0 fully saturated rings. The molecule has 0 atom stereocenters. The van der Waals surface area contributed by atoms with Crippen LogP contribution in [0.3, 0.4) is 0 Å². The van der Waals surface area contributed by atoms with E-state index in [2.05, 4.69) is 31.2 Å². The van der Waals surface area contributed by atoms with Gasteiger partial charge in [-0.2, -0.15) is 0 Å². The van der Waals surface area contributed by atoms with Crippen molar-refractivity contribution in [2.24, 2.45) is 0 Å². The van der Waals surface area contributed by atoms with Gasteiger partial charge in [0.1, 0.15) is 0 Å². The van der Waals surface area contributed by atoms with Gasteiger partial charge in [0, 0.05) is 0 Å². The van der Waals surface area contributed by atoms with E-state index in [1.54, 1.807) is 0 Å². The molecule has 4 amide bonds. The molecule has 0 saturated carbocycles. The highest BCUT2D eigenvalue weighted by molar-refractivity contribution is 5.91. The maximum atomic E-state index is 11.4. The highest BCUT2D eigenvalue weighted by Crippen LogP contribution is 2.13. The summed E-state index contributed by atoms with van der Waals surface area (Å²) >= 11 is 0. The Morgan fingerprint density at radius 1 is 0.783 bits per heavy atom. The molecule has 0 unspecified atom stereocenters. The maximum absolute atomic E-state index is 11.4. The number of anilines is 2. The summed E-state index contributed by atoms with van der Waals surface area (Å²) in [7, 11) is 0. The molecule has 0 bridgehead atoms. The molecule has 0 saturated heterocycles. The molecule has 124 valence electrons. The second-order valence-corrected chi connectivity index (χ2v) is 4.04. The van der Waals surface area contributed by atoms with Crippen LogP contribution in [0.4, 0.5) is 21.2 Å². The number of nitrogens with one attached hydrogen (secondary N) is 8. The van der Waals surface area contributed by atoms with Crippen LogP contribution >= 0.6 is 0 Å². The van der Waals surface area contributed by atoms with E-state index in [0.29, 0.717) is 0 Å². The number of rotatable bonds is 4. The van der Waals surface area contributed by atoms with Gasteiger partial charge in [0.25, 0.3) is 0 Å². The molecule has 2 rings (SSSR count). The normalized spacial score (nSPS) is 10.1. The summed E-state index contributed by atoms with van der Waals surface area (Å²) in [5.41, 5.74) is -1.42. The summed E-state index contributed by atoms with van der Waals surface area (Å²) in [5.74, 6) is -1.59. The van der Waals surface area contributed by atoms with Gasteiger partial charge in [-0.1, -0.05) is 0 Å². The number of hydrogen-bond donors (Lipinski definition) is 10. The van der Waals surface area contributed by atoms with Crippen LogP contribution in [0, 0.1) is 0 Å². The minimum Gasteiger partial charge on any atom is -0.492 e. The molecule has 10 N–H and O–H groups in total. The van der Waals surface area contributed by atoms with E-state index in [1.165, 1.54) is 0 Å². The van der Waals surface area contributed by atoms with Gasteiger partial charge < -0.3 is 20.8 Å². The number of carbonyl (C=O) groups excluding carboxylic acids is 2. The fraction of sp³-hybridized carbons (Fsp3) is 0.111. The summed E-state index contributed by atoms with van der Waals surface area (Å²) < 4.78 is 0. The minimum atomic E-state index is -0.825. The number of aromatic amines is 4. The minimum absolute atomic E-state index is 0.244. The number of carbonyl (C=O) groups is 2. The molecule has 14 nitrogen and oxygen atoms in total. The monoisotopic (exact) mass is 328 g/mol. The molecule has 2 aromatic rings. The highest BCUT2D eigenvalue weighted by Gasteiger charge is 2.11. The molecular formula is C9H12N8O6. The SMILES string of the molecule is O=C(NCNC(=O)Nc1[nH]c(=O)[nH]c1O)Nc1[nH]c(=O)[nH]c1O. The first kappa shape index (κ1) is 15.5. The molecule has 0 aliphatic carbocycles. The molecule has 0 aliphatic rings. The highest BCUT2D eigenvalue weighted by atomic mass is 16.3. The standard InChI is InChI=1S/C9H12N8O6/c18-4-2(14-8(22)16-4)12-6(20)10-1-11-7(21)13-3-5(19)17-9(23)15-3/h18-19H,1H2,(H2,10,12,20)(H2,11,13,21)(H2,14,16,22)(H2,15,17,23). The summed E-state index contributed by atoms with van der Waals surface area (Å²) in [5, 5.41) is 27.1. The van der Waals surface area contributed by atoms with Gasteiger partial charge in [0.05, 0.1) is 6.67 Å². The van der Waals surface area contributed by atoms with E-state index < -0.39 is 35.2 Å². The number of hydrogen-bond acceptors (Lipinski definition) is 6. The summed E-state index contributed by atoms with van der Waals surface area (Å²) in [4.78, 5) is 52.8. The quantitative estimate of drug-likeness (QED) is 0.286. The van der Waals surface area contributed by atoms with Gasteiger partial charge in [-0.05, 0) is 0 Å². The largest absolute Gasteiger partial charge is 0.492 e. The Balaban J connectivity index is 1.76. The predicted octanol–water partition coefficient (Wildman–Crippen LogP) is -1.97. The van der Waals surface area contributed by atoms with Crippen LogP contribution in [0.5, 0.6) is 11.8 Å². The van der Waals surface area contributed by atoms with Crippen molar-refractivity contribution in [1.29, 1.82) is 0 Å². The fourth-order valence-corrected chi connectivity index (χ4v) is 1.45. The zero-order valence-electron chi connectivity index (χ0n) is 11.2. The molecule has 23 heavy (non-hydrogen) atoms. The van der Waals surface area contributed by atoms with E-state index in [0.717, 1.165) is 0 Å². The van der Waals surface area contributed by atoms with Crippen molar-refractivity contribution in [3.63, 3.8) is 0 Å². The molecule has 14 heteroatoms. The van der Waals surface area contributed by atoms with Crippen LogP contribution in [-0.4, -0.2) is 48.9 Å². The van der Waals surface area contributed by atoms with Crippen molar-refractivity contribution >= 4 is 23.7 Å². The third-order valence-corrected chi connectivity index (χ3v) is 2.39. The number of aromatic hydroxyl groups is 2. The Kier molecular flexibility index (Phi) is 4.25. The zero-order valence-corrected chi connectivity index (χ0v) is 11.2. The fourth-order valence-electron chi connectivity index (χ4n) is 1.45. The van der Waals surface area contributed by atoms with E-state index in [9.17, 15) is 29.4 Å². The number of imidazole rings is 2. The number of aromatic nitrogens is 4. The molecule has 2 heterocycles. The van der Waals surface area contributed by atoms with Crippen LogP contribution in [0.15, 0.2) is 9.59 Å². The Bertz CT molecular complexity index is 759. The molecule has 0 spiro atoms. The molecular weight excluding hydrogens is 316 g/mol. The molecule has 0 aliphatic heterocycles. The first-order chi connectivity index (χ1) is 10.8. The second kappa shape index (κ2) is 6.29. The first-order valence-corrected chi connectivity index (χ1v) is 5.97. The van der Waals surface area contributed by atoms with Gasteiger partial charge in [-0.3, -0.25) is 30.6 Å². The summed E-state index contributed by atoms with van der Waals surface area (Å²) in [6, 6.07) is -1.65. The maximum Gasteiger partial charge on any atom is 0.327 e. The van der Waals surface area contributed by atoms with Gasteiger partial charge in [-0.15, -0.1) is 0 Å². The zero-order chi connectivity index (χ0) is 17.0. The van der Waals surface area contributed by atoms with Crippen molar-refractivity contribution in [3.05, 3.63) is 21.0 Å². The Hall–Kier alpha value is -3.84. The smallest absolute Gasteiger partial charge is 0.327 e. The van der Waals surface area contributed by atoms with Gasteiger partial charge >= 0.3 is 23.4 Å². The van der Waals surface area contributed by atoms with Crippen molar-refractivity contribution in [1.82, 2.24) is 30.6 Å². The lowest BCUT2D eigenvalue weighted by atomic mass is 10.6. The Morgan fingerprint density at radius 3 is 1.48 bits per heavy atom. The lowest BCUT2D eigenvalue weighted by Gasteiger charge is -2.08. The van der Waals surface area contributed by atoms with Crippen molar-refractivity contribution in [2.75, 3.05) is 17.3 Å². The van der Waals surface area contributed by atoms with Crippen molar-refractivity contribution in [2.45, 2.75) is 0 Å². The molecule has 2 aromatic heterocycles. The predicted molar refractivity (Wildman–Crippen MR) is 75.3 cm³/mol. The van der Waals surface area contributed by atoms with Crippen LogP contribution < -0.4 is 32.6 Å². The lowest BCUT2D eigenvalue weighted by Crippen LogP contribution is -2.41. The number of urea groups is 2. The Labute approximate surface area is 125 Å². The van der Waals surface area contributed by atoms with Gasteiger partial charge in [0.2, 0.25) is 11.8 Å². The van der Waals surface area contributed by atoms with E-state index >= 15 is 0 Å². The van der Waals surface area contributed by atoms with Crippen LogP contribution in [0.1, 0.15) is 0 Å². The summed E-state index contributed by atoms with van der Waals surface area (Å²) in [6.07, 6.45) is 0. The topological polar surface area (TPSA) is 220 Å². The van der Waals surface area contributed by atoms with Gasteiger partial charge in [-0.25, -0.2) is 19.2 Å². The second-order valence-electron chi connectivity index (χ2n) is 4.04. The van der Waals surface area contributed by atoms with E-state index in [1.807, 2.05) is 9.97 Å². The first-order valence-electron chi connectivity index (χ1n) is 5.97. The average Bonchev–Trinajstić information content (AvgIpc) is 2.91. The van der Waals surface area contributed by atoms with E-state index in [4.69, 9.17) is 0 Å². The summed E-state index contributed by atoms with van der Waals surface area (Å²) in [6.45, 7) is -0.331. The molecule has 0 aromatic carbocycles. The molecule has 0 radical (unpaired) electrons. The van der Waals surface area contributed by atoms with Crippen molar-refractivity contribution < 1.29 is 19.8 Å².